The van der Waals surface area contributed by atoms with E-state index >= 15 is 0 Å². The zero-order chi connectivity index (χ0) is 20.8. The number of likely N-dealkylation sites (tertiary alicyclic amines) is 1. The Morgan fingerprint density at radius 1 is 1.07 bits per heavy atom. The molecule has 0 unspecified atom stereocenters. The molecule has 2 aromatic rings. The first kappa shape index (κ1) is 20.9. The van der Waals surface area contributed by atoms with Gasteiger partial charge in [-0.25, -0.2) is 0 Å². The van der Waals surface area contributed by atoms with Gasteiger partial charge in [-0.05, 0) is 56.0 Å². The number of furan rings is 1. The Labute approximate surface area is 180 Å². The topological polar surface area (TPSA) is 56.0 Å². The van der Waals surface area contributed by atoms with Gasteiger partial charge in [-0.1, -0.05) is 24.3 Å². The molecule has 1 aliphatic heterocycles. The molecule has 0 amide bonds. The van der Waals surface area contributed by atoms with Crippen molar-refractivity contribution in [1.82, 2.24) is 20.4 Å². The first-order valence-corrected chi connectivity index (χ1v) is 11.2. The summed E-state index contributed by atoms with van der Waals surface area (Å²) in [5.41, 5.74) is 2.63. The number of benzene rings is 1. The third kappa shape index (κ3) is 5.86. The lowest BCUT2D eigenvalue weighted by molar-refractivity contribution is 0.197. The third-order valence-electron chi connectivity index (χ3n) is 6.17. The minimum Gasteiger partial charge on any atom is -0.468 e. The van der Waals surface area contributed by atoms with Crippen molar-refractivity contribution in [3.63, 3.8) is 0 Å². The minimum atomic E-state index is 0.515. The summed E-state index contributed by atoms with van der Waals surface area (Å²) < 4.78 is 5.48. The standard InChI is InChI=1S/C24H35N5O/c1-25-24(27-21-11-13-29(14-12-21)22-9-10-22)26-16-19-6-3-4-7-20(19)17-28(2)18-23-8-5-15-30-23/h3-8,15,21-22H,9-14,16-18H2,1-2H3,(H2,25,26,27). The molecular weight excluding hydrogens is 374 g/mol. The molecule has 1 aromatic heterocycles. The molecule has 2 heterocycles. The summed E-state index contributed by atoms with van der Waals surface area (Å²) in [5.74, 6) is 1.89. The van der Waals surface area contributed by atoms with Crippen molar-refractivity contribution in [3.05, 3.63) is 59.5 Å². The van der Waals surface area contributed by atoms with Crippen LogP contribution in [0.5, 0.6) is 0 Å². The van der Waals surface area contributed by atoms with Crippen LogP contribution in [-0.2, 0) is 19.6 Å². The van der Waals surface area contributed by atoms with E-state index in [4.69, 9.17) is 4.42 Å². The maximum Gasteiger partial charge on any atom is 0.191 e. The lowest BCUT2D eigenvalue weighted by Crippen LogP contribution is -2.48. The van der Waals surface area contributed by atoms with Crippen molar-refractivity contribution in [2.24, 2.45) is 4.99 Å². The van der Waals surface area contributed by atoms with Crippen molar-refractivity contribution in [2.75, 3.05) is 27.2 Å². The van der Waals surface area contributed by atoms with Crippen molar-refractivity contribution < 1.29 is 4.42 Å². The number of nitrogens with zero attached hydrogens (tertiary/aromatic N) is 3. The second kappa shape index (κ2) is 10.1. The average molecular weight is 410 g/mol. The Kier molecular flexibility index (Phi) is 7.07. The third-order valence-corrected chi connectivity index (χ3v) is 6.17. The van der Waals surface area contributed by atoms with Gasteiger partial charge < -0.3 is 20.0 Å². The van der Waals surface area contributed by atoms with Crippen LogP contribution in [0.15, 0.2) is 52.1 Å². The number of nitrogens with one attached hydrogen (secondary N) is 2. The van der Waals surface area contributed by atoms with E-state index in [1.807, 2.05) is 19.2 Å². The molecule has 0 spiro atoms. The number of rotatable bonds is 8. The van der Waals surface area contributed by atoms with E-state index in [0.29, 0.717) is 6.04 Å². The predicted molar refractivity (Wildman–Crippen MR) is 121 cm³/mol. The molecule has 2 N–H and O–H groups in total. The molecule has 2 fully saturated rings. The number of guanidine groups is 1. The maximum absolute atomic E-state index is 5.48. The Hall–Kier alpha value is -2.31. The molecule has 6 nitrogen and oxygen atoms in total. The van der Waals surface area contributed by atoms with Gasteiger partial charge in [0.1, 0.15) is 5.76 Å². The van der Waals surface area contributed by atoms with Gasteiger partial charge in [-0.15, -0.1) is 0 Å². The summed E-state index contributed by atoms with van der Waals surface area (Å²) in [6, 6.07) is 14.0. The Morgan fingerprint density at radius 3 is 2.50 bits per heavy atom. The summed E-state index contributed by atoms with van der Waals surface area (Å²) in [6.45, 7) is 4.88. The molecule has 1 saturated heterocycles. The molecule has 30 heavy (non-hydrogen) atoms. The Morgan fingerprint density at radius 2 is 1.83 bits per heavy atom. The van der Waals surface area contributed by atoms with Crippen LogP contribution >= 0.6 is 0 Å². The van der Waals surface area contributed by atoms with Crippen LogP contribution in [0.2, 0.25) is 0 Å². The number of hydrogen-bond acceptors (Lipinski definition) is 4. The first-order chi connectivity index (χ1) is 14.7. The highest BCUT2D eigenvalue weighted by molar-refractivity contribution is 5.80. The van der Waals surface area contributed by atoms with Crippen molar-refractivity contribution in [1.29, 1.82) is 0 Å². The van der Waals surface area contributed by atoms with Crippen LogP contribution in [0.4, 0.5) is 0 Å². The van der Waals surface area contributed by atoms with E-state index in [1.165, 1.54) is 49.9 Å². The largest absolute Gasteiger partial charge is 0.468 e. The highest BCUT2D eigenvalue weighted by Gasteiger charge is 2.31. The molecule has 6 heteroatoms. The molecule has 0 bridgehead atoms. The quantitative estimate of drug-likeness (QED) is 0.518. The van der Waals surface area contributed by atoms with Crippen LogP contribution in [-0.4, -0.2) is 55.0 Å². The lowest BCUT2D eigenvalue weighted by atomic mass is 10.1. The zero-order valence-electron chi connectivity index (χ0n) is 18.3. The Balaban J connectivity index is 1.27. The van der Waals surface area contributed by atoms with Gasteiger partial charge in [0.05, 0.1) is 12.8 Å². The van der Waals surface area contributed by atoms with Crippen LogP contribution in [0.3, 0.4) is 0 Å². The first-order valence-electron chi connectivity index (χ1n) is 11.2. The molecule has 0 atom stereocenters. The van der Waals surface area contributed by atoms with E-state index < -0.39 is 0 Å². The lowest BCUT2D eigenvalue weighted by Gasteiger charge is -2.33. The van der Waals surface area contributed by atoms with Gasteiger partial charge in [0.25, 0.3) is 0 Å². The van der Waals surface area contributed by atoms with Gasteiger partial charge in [-0.3, -0.25) is 9.89 Å². The molecule has 2 aliphatic rings. The predicted octanol–water partition coefficient (Wildman–Crippen LogP) is 3.20. The van der Waals surface area contributed by atoms with Crippen molar-refractivity contribution in [2.45, 2.75) is 57.4 Å². The van der Waals surface area contributed by atoms with Gasteiger partial charge in [0.15, 0.2) is 5.96 Å². The summed E-state index contributed by atoms with van der Waals surface area (Å²) in [7, 11) is 3.99. The van der Waals surface area contributed by atoms with Crippen LogP contribution in [0, 0.1) is 0 Å². The van der Waals surface area contributed by atoms with Gasteiger partial charge in [0, 0.05) is 45.3 Å². The molecule has 162 valence electrons. The van der Waals surface area contributed by atoms with E-state index in [-0.39, 0.29) is 0 Å². The normalized spacial score (nSPS) is 18.7. The van der Waals surface area contributed by atoms with E-state index in [9.17, 15) is 0 Å². The summed E-state index contributed by atoms with van der Waals surface area (Å²) in [5, 5.41) is 7.16. The fourth-order valence-electron chi connectivity index (χ4n) is 4.32. The zero-order valence-corrected chi connectivity index (χ0v) is 18.3. The minimum absolute atomic E-state index is 0.515. The monoisotopic (exact) mass is 409 g/mol. The van der Waals surface area contributed by atoms with Gasteiger partial charge >= 0.3 is 0 Å². The smallest absolute Gasteiger partial charge is 0.191 e. The summed E-state index contributed by atoms with van der Waals surface area (Å²) in [4.78, 5) is 9.39. The second-order valence-corrected chi connectivity index (χ2v) is 8.63. The van der Waals surface area contributed by atoms with Crippen LogP contribution in [0.1, 0.15) is 42.6 Å². The molecule has 1 aromatic carbocycles. The van der Waals surface area contributed by atoms with Crippen molar-refractivity contribution >= 4 is 5.96 Å². The van der Waals surface area contributed by atoms with E-state index in [1.54, 1.807) is 6.26 Å². The van der Waals surface area contributed by atoms with Crippen LogP contribution < -0.4 is 10.6 Å². The van der Waals surface area contributed by atoms with E-state index in [0.717, 1.165) is 37.4 Å². The summed E-state index contributed by atoms with van der Waals surface area (Å²) in [6.07, 6.45) is 6.93. The number of piperidine rings is 1. The van der Waals surface area contributed by atoms with E-state index in [2.05, 4.69) is 56.7 Å². The molecule has 4 rings (SSSR count). The molecular formula is C24H35N5O. The van der Waals surface area contributed by atoms with Gasteiger partial charge in [0.2, 0.25) is 0 Å². The average Bonchev–Trinajstić information content (AvgIpc) is 3.49. The highest BCUT2D eigenvalue weighted by atomic mass is 16.3. The fraction of sp³-hybridized carbons (Fsp3) is 0.542. The van der Waals surface area contributed by atoms with Gasteiger partial charge in [-0.2, -0.15) is 0 Å². The number of hydrogen-bond donors (Lipinski definition) is 2. The second-order valence-electron chi connectivity index (χ2n) is 8.63. The number of aliphatic imine (C=N–C) groups is 1. The van der Waals surface area contributed by atoms with Crippen molar-refractivity contribution in [3.8, 4) is 0 Å². The summed E-state index contributed by atoms with van der Waals surface area (Å²) >= 11 is 0. The molecule has 1 saturated carbocycles. The fourth-order valence-corrected chi connectivity index (χ4v) is 4.32. The van der Waals surface area contributed by atoms with Crippen LogP contribution in [0.25, 0.3) is 0 Å². The molecule has 0 radical (unpaired) electrons. The highest BCUT2D eigenvalue weighted by Crippen LogP contribution is 2.29. The Bertz CT molecular complexity index is 807. The molecule has 1 aliphatic carbocycles. The maximum atomic E-state index is 5.48. The SMILES string of the molecule is CN=C(NCc1ccccc1CN(C)Cc1ccco1)NC1CCN(C2CC2)CC1.